The smallest absolute Gasteiger partial charge is 0.156 e. The summed E-state index contributed by atoms with van der Waals surface area (Å²) in [5.74, 6) is 1.55. The highest BCUT2D eigenvalue weighted by atomic mass is 16.5. The predicted octanol–water partition coefficient (Wildman–Crippen LogP) is 0.788. The van der Waals surface area contributed by atoms with Crippen molar-refractivity contribution in [1.82, 2.24) is 15.5 Å². The van der Waals surface area contributed by atoms with E-state index >= 15 is 0 Å². The number of aromatic amines is 1. The Morgan fingerprint density at radius 1 is 1.46 bits per heavy atom. The molecular weight excluding hydrogens is 166 g/mol. The normalized spacial score (nSPS) is 18.8. The molecular formula is C9H15N3O. The molecule has 1 aliphatic heterocycles. The average molecular weight is 181 g/mol. The molecule has 0 aromatic carbocycles. The lowest BCUT2D eigenvalue weighted by Crippen LogP contribution is -2.30. The topological polar surface area (TPSA) is 49.9 Å². The molecule has 2 rings (SSSR count). The van der Waals surface area contributed by atoms with E-state index < -0.39 is 0 Å². The van der Waals surface area contributed by atoms with Crippen LogP contribution >= 0.6 is 0 Å². The number of H-pyrrole nitrogens is 1. The Morgan fingerprint density at radius 3 is 3.00 bits per heavy atom. The largest absolute Gasteiger partial charge is 0.490 e. The summed E-state index contributed by atoms with van der Waals surface area (Å²) in [6.07, 6.45) is 5.93. The lowest BCUT2D eigenvalue weighted by Gasteiger charge is -2.22. The molecule has 72 valence electrons. The second kappa shape index (κ2) is 4.28. The van der Waals surface area contributed by atoms with Crippen molar-refractivity contribution in [2.45, 2.75) is 12.8 Å². The van der Waals surface area contributed by atoms with Crippen LogP contribution in [0.15, 0.2) is 12.4 Å². The fourth-order valence-electron chi connectivity index (χ4n) is 1.58. The van der Waals surface area contributed by atoms with Crippen LogP contribution in [0, 0.1) is 5.92 Å². The lowest BCUT2D eigenvalue weighted by atomic mass is 9.99. The fourth-order valence-corrected chi connectivity index (χ4v) is 1.58. The summed E-state index contributed by atoms with van der Waals surface area (Å²) >= 11 is 0. The monoisotopic (exact) mass is 181 g/mol. The van der Waals surface area contributed by atoms with E-state index in [0.29, 0.717) is 5.92 Å². The van der Waals surface area contributed by atoms with Gasteiger partial charge in [0.2, 0.25) is 0 Å². The maximum atomic E-state index is 5.56. The Balaban J connectivity index is 1.72. The van der Waals surface area contributed by atoms with Crippen LogP contribution in [0.4, 0.5) is 0 Å². The lowest BCUT2D eigenvalue weighted by molar-refractivity contribution is 0.215. The van der Waals surface area contributed by atoms with Gasteiger partial charge in [0.25, 0.3) is 0 Å². The molecule has 1 aromatic rings. The molecule has 0 spiro atoms. The molecule has 1 aromatic heterocycles. The fraction of sp³-hybridized carbons (Fsp3) is 0.667. The van der Waals surface area contributed by atoms with Crippen molar-refractivity contribution in [3.05, 3.63) is 12.4 Å². The van der Waals surface area contributed by atoms with Crippen molar-refractivity contribution in [2.24, 2.45) is 5.92 Å². The highest BCUT2D eigenvalue weighted by molar-refractivity contribution is 5.09. The number of nitrogens with zero attached hydrogens (tertiary/aromatic N) is 1. The first-order valence-electron chi connectivity index (χ1n) is 4.77. The molecule has 4 heteroatoms. The van der Waals surface area contributed by atoms with Gasteiger partial charge in [-0.15, -0.1) is 0 Å². The van der Waals surface area contributed by atoms with Crippen molar-refractivity contribution >= 4 is 0 Å². The van der Waals surface area contributed by atoms with Gasteiger partial charge in [-0.1, -0.05) is 0 Å². The first kappa shape index (κ1) is 8.56. The number of nitrogens with one attached hydrogen (secondary N) is 2. The number of hydrogen-bond donors (Lipinski definition) is 2. The van der Waals surface area contributed by atoms with Crippen LogP contribution in [-0.2, 0) is 0 Å². The third kappa shape index (κ3) is 2.45. The van der Waals surface area contributed by atoms with Crippen LogP contribution in [-0.4, -0.2) is 29.9 Å². The standard InChI is InChI=1S/C9H15N3O/c1-3-10-4-2-8(1)7-13-9-5-11-12-6-9/h5-6,8,10H,1-4,7H2,(H,11,12). The van der Waals surface area contributed by atoms with Crippen molar-refractivity contribution in [2.75, 3.05) is 19.7 Å². The Labute approximate surface area is 77.7 Å². The molecule has 2 N–H and O–H groups in total. The maximum absolute atomic E-state index is 5.56. The average Bonchev–Trinajstić information content (AvgIpc) is 2.69. The highest BCUT2D eigenvalue weighted by Gasteiger charge is 2.13. The van der Waals surface area contributed by atoms with E-state index in [2.05, 4.69) is 15.5 Å². The zero-order valence-corrected chi connectivity index (χ0v) is 7.62. The van der Waals surface area contributed by atoms with Crippen LogP contribution in [0.25, 0.3) is 0 Å². The quantitative estimate of drug-likeness (QED) is 0.724. The Kier molecular flexibility index (Phi) is 2.82. The Morgan fingerprint density at radius 2 is 2.31 bits per heavy atom. The first-order chi connectivity index (χ1) is 6.45. The third-order valence-corrected chi connectivity index (χ3v) is 2.42. The van der Waals surface area contributed by atoms with Gasteiger partial charge in [0.05, 0.1) is 19.0 Å². The van der Waals surface area contributed by atoms with Gasteiger partial charge >= 0.3 is 0 Å². The molecule has 1 aliphatic rings. The van der Waals surface area contributed by atoms with Crippen molar-refractivity contribution in [3.8, 4) is 5.75 Å². The molecule has 4 nitrogen and oxygen atoms in total. The molecule has 0 atom stereocenters. The van der Waals surface area contributed by atoms with Gasteiger partial charge in [-0.2, -0.15) is 5.10 Å². The van der Waals surface area contributed by atoms with Crippen LogP contribution in [0.2, 0.25) is 0 Å². The van der Waals surface area contributed by atoms with E-state index in [1.807, 2.05) is 0 Å². The highest BCUT2D eigenvalue weighted by Crippen LogP contribution is 2.14. The van der Waals surface area contributed by atoms with E-state index in [-0.39, 0.29) is 0 Å². The molecule has 0 radical (unpaired) electrons. The maximum Gasteiger partial charge on any atom is 0.156 e. The summed E-state index contributed by atoms with van der Waals surface area (Å²) in [6.45, 7) is 3.07. The first-order valence-corrected chi connectivity index (χ1v) is 4.77. The molecule has 2 heterocycles. The minimum Gasteiger partial charge on any atom is -0.490 e. The molecule has 0 bridgehead atoms. The van der Waals surface area contributed by atoms with Gasteiger partial charge in [-0.3, -0.25) is 5.10 Å². The zero-order valence-electron chi connectivity index (χ0n) is 7.62. The van der Waals surface area contributed by atoms with Gasteiger partial charge in [0.1, 0.15) is 0 Å². The van der Waals surface area contributed by atoms with Crippen LogP contribution in [0.1, 0.15) is 12.8 Å². The van der Waals surface area contributed by atoms with E-state index in [9.17, 15) is 0 Å². The SMILES string of the molecule is c1n[nH]cc1OCC1CCNCC1. The number of piperidine rings is 1. The van der Waals surface area contributed by atoms with Gasteiger partial charge in [-0.25, -0.2) is 0 Å². The summed E-state index contributed by atoms with van der Waals surface area (Å²) in [6, 6.07) is 0. The number of hydrogen-bond acceptors (Lipinski definition) is 3. The summed E-state index contributed by atoms with van der Waals surface area (Å²) < 4.78 is 5.56. The summed E-state index contributed by atoms with van der Waals surface area (Å²) in [4.78, 5) is 0. The summed E-state index contributed by atoms with van der Waals surface area (Å²) in [5.41, 5.74) is 0. The third-order valence-electron chi connectivity index (χ3n) is 2.42. The van der Waals surface area contributed by atoms with E-state index in [1.54, 1.807) is 12.4 Å². The van der Waals surface area contributed by atoms with Crippen molar-refractivity contribution in [1.29, 1.82) is 0 Å². The predicted molar refractivity (Wildman–Crippen MR) is 49.7 cm³/mol. The molecule has 0 saturated carbocycles. The van der Waals surface area contributed by atoms with Crippen LogP contribution in [0.5, 0.6) is 5.75 Å². The molecule has 0 amide bonds. The minimum absolute atomic E-state index is 0.705. The van der Waals surface area contributed by atoms with Gasteiger partial charge in [0, 0.05) is 0 Å². The number of ether oxygens (including phenoxy) is 1. The zero-order chi connectivity index (χ0) is 8.93. The van der Waals surface area contributed by atoms with E-state index in [0.717, 1.165) is 25.4 Å². The molecule has 1 saturated heterocycles. The van der Waals surface area contributed by atoms with E-state index in [4.69, 9.17) is 4.74 Å². The van der Waals surface area contributed by atoms with Crippen molar-refractivity contribution in [3.63, 3.8) is 0 Å². The van der Waals surface area contributed by atoms with Gasteiger partial charge < -0.3 is 10.1 Å². The summed E-state index contributed by atoms with van der Waals surface area (Å²) in [7, 11) is 0. The molecule has 0 aliphatic carbocycles. The number of aromatic nitrogens is 2. The second-order valence-electron chi connectivity index (χ2n) is 3.44. The van der Waals surface area contributed by atoms with Crippen LogP contribution in [0.3, 0.4) is 0 Å². The Hall–Kier alpha value is -1.03. The summed E-state index contributed by atoms with van der Waals surface area (Å²) in [5, 5.41) is 9.89. The molecule has 13 heavy (non-hydrogen) atoms. The molecule has 1 fully saturated rings. The van der Waals surface area contributed by atoms with E-state index in [1.165, 1.54) is 12.8 Å². The molecule has 0 unspecified atom stereocenters. The van der Waals surface area contributed by atoms with Crippen molar-refractivity contribution < 1.29 is 4.74 Å². The minimum atomic E-state index is 0.705. The Bertz CT molecular complexity index is 229. The van der Waals surface area contributed by atoms with Gasteiger partial charge in [0.15, 0.2) is 5.75 Å². The number of rotatable bonds is 3. The van der Waals surface area contributed by atoms with Crippen LogP contribution < -0.4 is 10.1 Å². The van der Waals surface area contributed by atoms with Gasteiger partial charge in [-0.05, 0) is 31.8 Å². The second-order valence-corrected chi connectivity index (χ2v) is 3.44.